The lowest BCUT2D eigenvalue weighted by Crippen LogP contribution is -2.50. The number of carbonyl (C=O) groups excluding carboxylic acids is 2. The highest BCUT2D eigenvalue weighted by Gasteiger charge is 2.19. The zero-order valence-electron chi connectivity index (χ0n) is 16.3. The molecule has 2 aromatic rings. The van der Waals surface area contributed by atoms with Crippen molar-refractivity contribution < 1.29 is 19.1 Å². The number of amides is 2. The molecular weight excluding hydrogens is 344 g/mol. The monoisotopic (exact) mass is 370 g/mol. The van der Waals surface area contributed by atoms with Crippen molar-refractivity contribution in [2.45, 2.75) is 46.8 Å². The number of aryl methyl sites for hydroxylation is 2. The normalized spacial score (nSPS) is 12.6. The van der Waals surface area contributed by atoms with Crippen LogP contribution in [0.2, 0.25) is 0 Å². The molecule has 0 aliphatic carbocycles. The van der Waals surface area contributed by atoms with Gasteiger partial charge in [-0.2, -0.15) is 0 Å². The lowest BCUT2D eigenvalue weighted by atomic mass is 10.1. The Morgan fingerprint density at radius 1 is 0.815 bits per heavy atom. The molecule has 2 aromatic carbocycles. The Bertz CT molecular complexity index is 802. The summed E-state index contributed by atoms with van der Waals surface area (Å²) in [5.74, 6) is 0.316. The van der Waals surface area contributed by atoms with Gasteiger partial charge in [0.2, 0.25) is 0 Å². The molecule has 27 heavy (non-hydrogen) atoms. The van der Waals surface area contributed by atoms with Gasteiger partial charge in [0.25, 0.3) is 11.8 Å². The Hall–Kier alpha value is -3.02. The van der Waals surface area contributed by atoms with E-state index in [2.05, 4.69) is 10.9 Å². The smallest absolute Gasteiger partial charge is 0.279 e. The molecule has 0 aromatic heterocycles. The molecule has 2 atom stereocenters. The Morgan fingerprint density at radius 2 is 1.37 bits per heavy atom. The van der Waals surface area contributed by atoms with Gasteiger partial charge in [0.05, 0.1) is 0 Å². The van der Waals surface area contributed by atoms with E-state index in [1.807, 2.05) is 51.1 Å². The van der Waals surface area contributed by atoms with E-state index in [1.165, 1.54) is 0 Å². The molecule has 0 aliphatic rings. The van der Waals surface area contributed by atoms with Gasteiger partial charge >= 0.3 is 0 Å². The molecule has 144 valence electrons. The van der Waals surface area contributed by atoms with Crippen molar-refractivity contribution >= 4 is 11.8 Å². The van der Waals surface area contributed by atoms with Crippen LogP contribution >= 0.6 is 0 Å². The van der Waals surface area contributed by atoms with Crippen LogP contribution in [-0.2, 0) is 9.59 Å². The summed E-state index contributed by atoms with van der Waals surface area (Å²) in [7, 11) is 0. The van der Waals surface area contributed by atoms with E-state index in [0.717, 1.165) is 16.7 Å². The minimum absolute atomic E-state index is 0.452. The van der Waals surface area contributed by atoms with Crippen molar-refractivity contribution in [3.63, 3.8) is 0 Å². The van der Waals surface area contributed by atoms with Crippen LogP contribution in [0.1, 0.15) is 30.5 Å². The summed E-state index contributed by atoms with van der Waals surface area (Å²) in [6.45, 7) is 9.10. The van der Waals surface area contributed by atoms with E-state index in [-0.39, 0.29) is 0 Å². The van der Waals surface area contributed by atoms with E-state index in [4.69, 9.17) is 9.47 Å². The maximum atomic E-state index is 12.2. The fraction of sp³-hybridized carbons (Fsp3) is 0.333. The first-order valence-corrected chi connectivity index (χ1v) is 8.84. The Morgan fingerprint density at radius 3 is 1.96 bits per heavy atom. The van der Waals surface area contributed by atoms with Crippen molar-refractivity contribution in [2.75, 3.05) is 0 Å². The van der Waals surface area contributed by atoms with E-state index in [0.29, 0.717) is 11.5 Å². The summed E-state index contributed by atoms with van der Waals surface area (Å²) in [6, 6.07) is 13.0. The molecule has 2 amide bonds. The maximum Gasteiger partial charge on any atom is 0.279 e. The third kappa shape index (κ3) is 5.74. The minimum Gasteiger partial charge on any atom is -0.481 e. The highest BCUT2D eigenvalue weighted by atomic mass is 16.5. The number of hydrazine groups is 1. The van der Waals surface area contributed by atoms with Gasteiger partial charge in [-0.1, -0.05) is 29.8 Å². The lowest BCUT2D eigenvalue weighted by molar-refractivity contribution is -0.135. The highest BCUT2D eigenvalue weighted by Crippen LogP contribution is 2.21. The van der Waals surface area contributed by atoms with Crippen LogP contribution in [0.4, 0.5) is 0 Å². The van der Waals surface area contributed by atoms with Gasteiger partial charge in [-0.25, -0.2) is 0 Å². The van der Waals surface area contributed by atoms with Gasteiger partial charge in [-0.3, -0.25) is 20.4 Å². The van der Waals surface area contributed by atoms with Crippen LogP contribution in [0.15, 0.2) is 42.5 Å². The van der Waals surface area contributed by atoms with Gasteiger partial charge < -0.3 is 9.47 Å². The van der Waals surface area contributed by atoms with Crippen LogP contribution < -0.4 is 20.3 Å². The average molecular weight is 370 g/mol. The molecule has 0 bridgehead atoms. The minimum atomic E-state index is -0.765. The summed E-state index contributed by atoms with van der Waals surface area (Å²) in [4.78, 5) is 24.3. The third-order valence-electron chi connectivity index (χ3n) is 4.24. The molecule has 6 heteroatoms. The number of nitrogens with one attached hydrogen (secondary N) is 2. The predicted molar refractivity (Wildman–Crippen MR) is 104 cm³/mol. The molecular formula is C21H26N2O4. The second kappa shape index (κ2) is 9.07. The molecule has 2 N–H and O–H groups in total. The average Bonchev–Trinajstić information content (AvgIpc) is 2.64. The second-order valence-electron chi connectivity index (χ2n) is 6.51. The molecule has 0 fully saturated rings. The first-order valence-electron chi connectivity index (χ1n) is 8.84. The van der Waals surface area contributed by atoms with E-state index >= 15 is 0 Å². The number of carbonyl (C=O) groups is 2. The molecule has 0 saturated heterocycles. The number of rotatable bonds is 6. The Kier molecular flexibility index (Phi) is 6.82. The SMILES string of the molecule is Cc1ccc(OC(C)C(=O)NNC(=O)C(C)Oc2cccc(C)c2C)cc1. The van der Waals surface area contributed by atoms with Gasteiger partial charge in [-0.15, -0.1) is 0 Å². The first-order chi connectivity index (χ1) is 12.8. The number of hydrogen-bond donors (Lipinski definition) is 2. The van der Waals surface area contributed by atoms with Crippen LogP contribution in [0, 0.1) is 20.8 Å². The van der Waals surface area contributed by atoms with Gasteiger partial charge in [0.15, 0.2) is 12.2 Å². The van der Waals surface area contributed by atoms with E-state index in [9.17, 15) is 9.59 Å². The van der Waals surface area contributed by atoms with Crippen molar-refractivity contribution in [2.24, 2.45) is 0 Å². The molecule has 6 nitrogen and oxygen atoms in total. The summed E-state index contributed by atoms with van der Waals surface area (Å²) >= 11 is 0. The molecule has 0 radical (unpaired) electrons. The van der Waals surface area contributed by atoms with E-state index < -0.39 is 24.0 Å². The van der Waals surface area contributed by atoms with Gasteiger partial charge in [-0.05, 0) is 63.9 Å². The van der Waals surface area contributed by atoms with E-state index in [1.54, 1.807) is 26.0 Å². The molecule has 2 rings (SSSR count). The largest absolute Gasteiger partial charge is 0.481 e. The Balaban J connectivity index is 1.83. The second-order valence-corrected chi connectivity index (χ2v) is 6.51. The zero-order valence-corrected chi connectivity index (χ0v) is 16.3. The lowest BCUT2D eigenvalue weighted by Gasteiger charge is -2.19. The first kappa shape index (κ1) is 20.3. The molecule has 0 aliphatic heterocycles. The van der Waals surface area contributed by atoms with Crippen LogP contribution in [0.3, 0.4) is 0 Å². The molecule has 2 unspecified atom stereocenters. The zero-order chi connectivity index (χ0) is 20.0. The molecule has 0 spiro atoms. The Labute approximate surface area is 159 Å². The van der Waals surface area contributed by atoms with Crippen LogP contribution in [-0.4, -0.2) is 24.0 Å². The summed E-state index contributed by atoms with van der Waals surface area (Å²) in [5.41, 5.74) is 7.89. The topological polar surface area (TPSA) is 76.7 Å². The maximum absolute atomic E-state index is 12.2. The number of hydrogen-bond acceptors (Lipinski definition) is 4. The van der Waals surface area contributed by atoms with Crippen molar-refractivity contribution in [3.05, 3.63) is 59.2 Å². The molecule has 0 saturated carbocycles. The summed E-state index contributed by atoms with van der Waals surface area (Å²) in [6.07, 6.45) is -1.53. The number of ether oxygens (including phenoxy) is 2. The van der Waals surface area contributed by atoms with Gasteiger partial charge in [0, 0.05) is 0 Å². The van der Waals surface area contributed by atoms with Crippen LogP contribution in [0.5, 0.6) is 11.5 Å². The fourth-order valence-electron chi connectivity index (χ4n) is 2.30. The van der Waals surface area contributed by atoms with Crippen molar-refractivity contribution in [3.8, 4) is 11.5 Å². The molecule has 0 heterocycles. The summed E-state index contributed by atoms with van der Waals surface area (Å²) in [5, 5.41) is 0. The van der Waals surface area contributed by atoms with Crippen molar-refractivity contribution in [1.29, 1.82) is 0 Å². The highest BCUT2D eigenvalue weighted by molar-refractivity contribution is 5.86. The third-order valence-corrected chi connectivity index (χ3v) is 4.24. The van der Waals surface area contributed by atoms with Crippen LogP contribution in [0.25, 0.3) is 0 Å². The van der Waals surface area contributed by atoms with Gasteiger partial charge in [0.1, 0.15) is 11.5 Å². The number of benzene rings is 2. The predicted octanol–water partition coefficient (Wildman–Crippen LogP) is 2.99. The summed E-state index contributed by atoms with van der Waals surface area (Å²) < 4.78 is 11.2. The quantitative estimate of drug-likeness (QED) is 0.767. The standard InChI is InChI=1S/C21H26N2O4/c1-13-9-11-18(12-10-13)26-16(4)20(24)22-23-21(25)17(5)27-19-8-6-7-14(2)15(19)3/h6-12,16-17H,1-5H3,(H,22,24)(H,23,25). The fourth-order valence-corrected chi connectivity index (χ4v) is 2.30. The van der Waals surface area contributed by atoms with Crippen molar-refractivity contribution in [1.82, 2.24) is 10.9 Å².